The van der Waals surface area contributed by atoms with Crippen LogP contribution in [0.4, 0.5) is 0 Å². The number of likely N-dealkylation sites (N-methyl/N-ethyl adjacent to an activating group) is 1. The lowest BCUT2D eigenvalue weighted by atomic mass is 9.91. The van der Waals surface area contributed by atoms with E-state index in [0.717, 1.165) is 31.4 Å². The van der Waals surface area contributed by atoms with Crippen LogP contribution in [0, 0.1) is 5.92 Å². The van der Waals surface area contributed by atoms with E-state index in [-0.39, 0.29) is 11.9 Å². The van der Waals surface area contributed by atoms with E-state index in [0.29, 0.717) is 31.4 Å². The van der Waals surface area contributed by atoms with Crippen LogP contribution in [-0.4, -0.2) is 44.3 Å². The molecule has 1 fully saturated rings. The molecule has 0 N–H and O–H groups in total. The predicted octanol–water partition coefficient (Wildman–Crippen LogP) is 3.06. The van der Waals surface area contributed by atoms with Crippen molar-refractivity contribution < 1.29 is 17.9 Å². The third-order valence-electron chi connectivity index (χ3n) is 4.89. The highest BCUT2D eigenvalue weighted by atomic mass is 32.2. The second-order valence-electron chi connectivity index (χ2n) is 6.73. The molecular formula is C18H27NO4S. The van der Waals surface area contributed by atoms with E-state index < -0.39 is 10.0 Å². The number of para-hydroxylation sites is 2. The summed E-state index contributed by atoms with van der Waals surface area (Å²) in [5.41, 5.74) is 0. The predicted molar refractivity (Wildman–Crippen MR) is 94.0 cm³/mol. The van der Waals surface area contributed by atoms with Crippen LogP contribution in [0.5, 0.6) is 11.5 Å². The molecule has 0 aromatic heterocycles. The van der Waals surface area contributed by atoms with Gasteiger partial charge in [-0.05, 0) is 30.9 Å². The monoisotopic (exact) mass is 353 g/mol. The second kappa shape index (κ2) is 7.74. The summed E-state index contributed by atoms with van der Waals surface area (Å²) < 4.78 is 38.7. The van der Waals surface area contributed by atoms with E-state index in [1.54, 1.807) is 4.31 Å². The van der Waals surface area contributed by atoms with Crippen LogP contribution in [0.3, 0.4) is 0 Å². The second-order valence-corrected chi connectivity index (χ2v) is 8.74. The van der Waals surface area contributed by atoms with Gasteiger partial charge < -0.3 is 9.47 Å². The Bertz CT molecular complexity index is 640. The van der Waals surface area contributed by atoms with Gasteiger partial charge in [-0.15, -0.1) is 0 Å². The molecule has 1 atom stereocenters. The normalized spacial score (nSPS) is 21.8. The van der Waals surface area contributed by atoms with E-state index in [1.807, 2.05) is 31.2 Å². The molecule has 6 heteroatoms. The van der Waals surface area contributed by atoms with E-state index in [2.05, 4.69) is 0 Å². The van der Waals surface area contributed by atoms with Gasteiger partial charge in [-0.1, -0.05) is 38.3 Å². The minimum absolute atomic E-state index is 0.263. The van der Waals surface area contributed by atoms with Gasteiger partial charge in [-0.25, -0.2) is 8.42 Å². The average Bonchev–Trinajstić information content (AvgIpc) is 2.60. The number of rotatable bonds is 6. The summed E-state index contributed by atoms with van der Waals surface area (Å²) in [6.07, 6.45) is 5.35. The standard InChI is InChI=1S/C18H27NO4S/c1-2-19(24(20,21)14-15-8-4-3-5-9-15)12-16-13-22-17-10-6-7-11-18(17)23-16/h6-7,10-11,15-16H,2-5,8-9,12-14H2,1H3. The van der Waals surface area contributed by atoms with Gasteiger partial charge in [0.15, 0.2) is 11.5 Å². The fourth-order valence-electron chi connectivity index (χ4n) is 3.58. The lowest BCUT2D eigenvalue weighted by Crippen LogP contribution is -2.45. The molecule has 3 rings (SSSR count). The Morgan fingerprint density at radius 2 is 1.83 bits per heavy atom. The highest BCUT2D eigenvalue weighted by molar-refractivity contribution is 7.89. The number of hydrogen-bond donors (Lipinski definition) is 0. The van der Waals surface area contributed by atoms with Gasteiger partial charge in [0.2, 0.25) is 10.0 Å². The first-order chi connectivity index (χ1) is 11.6. The molecule has 1 aliphatic heterocycles. The zero-order chi connectivity index (χ0) is 17.0. The molecule has 24 heavy (non-hydrogen) atoms. The molecule has 0 radical (unpaired) electrons. The van der Waals surface area contributed by atoms with Crippen molar-refractivity contribution in [2.45, 2.75) is 45.1 Å². The van der Waals surface area contributed by atoms with Crippen molar-refractivity contribution in [2.75, 3.05) is 25.4 Å². The molecule has 5 nitrogen and oxygen atoms in total. The van der Waals surface area contributed by atoms with Crippen LogP contribution >= 0.6 is 0 Å². The highest BCUT2D eigenvalue weighted by Crippen LogP contribution is 2.31. The van der Waals surface area contributed by atoms with Crippen LogP contribution in [-0.2, 0) is 10.0 Å². The van der Waals surface area contributed by atoms with Crippen molar-refractivity contribution in [3.05, 3.63) is 24.3 Å². The van der Waals surface area contributed by atoms with E-state index in [1.165, 1.54) is 6.42 Å². The third-order valence-corrected chi connectivity index (χ3v) is 6.98. The topological polar surface area (TPSA) is 55.8 Å². The summed E-state index contributed by atoms with van der Waals surface area (Å²) in [4.78, 5) is 0. The molecule has 2 aliphatic rings. The van der Waals surface area contributed by atoms with Crippen molar-refractivity contribution in [2.24, 2.45) is 5.92 Å². The summed E-state index contributed by atoms with van der Waals surface area (Å²) in [5.74, 6) is 1.99. The summed E-state index contributed by atoms with van der Waals surface area (Å²) in [7, 11) is -3.25. The Labute approximate surface area is 145 Å². The first kappa shape index (κ1) is 17.5. The number of sulfonamides is 1. The molecule has 0 saturated heterocycles. The average molecular weight is 353 g/mol. The lowest BCUT2D eigenvalue weighted by Gasteiger charge is -2.31. The number of nitrogens with zero attached hydrogens (tertiary/aromatic N) is 1. The zero-order valence-electron chi connectivity index (χ0n) is 14.3. The lowest BCUT2D eigenvalue weighted by molar-refractivity contribution is 0.0770. The van der Waals surface area contributed by atoms with E-state index in [9.17, 15) is 8.42 Å². The molecule has 1 aliphatic carbocycles. The zero-order valence-corrected chi connectivity index (χ0v) is 15.1. The third kappa shape index (κ3) is 4.22. The fourth-order valence-corrected chi connectivity index (χ4v) is 5.50. The maximum Gasteiger partial charge on any atom is 0.214 e. The smallest absolute Gasteiger partial charge is 0.214 e. The maximum absolute atomic E-state index is 12.8. The first-order valence-corrected chi connectivity index (χ1v) is 10.6. The Balaban J connectivity index is 1.61. The van der Waals surface area contributed by atoms with Crippen molar-refractivity contribution in [1.82, 2.24) is 4.31 Å². The van der Waals surface area contributed by atoms with Gasteiger partial charge in [-0.2, -0.15) is 4.31 Å². The van der Waals surface area contributed by atoms with E-state index in [4.69, 9.17) is 9.47 Å². The quantitative estimate of drug-likeness (QED) is 0.789. The molecule has 0 amide bonds. The van der Waals surface area contributed by atoms with Gasteiger partial charge in [0, 0.05) is 6.54 Å². The van der Waals surface area contributed by atoms with Gasteiger partial charge >= 0.3 is 0 Å². The molecule has 0 spiro atoms. The van der Waals surface area contributed by atoms with Gasteiger partial charge in [0.05, 0.1) is 12.3 Å². The van der Waals surface area contributed by atoms with Crippen LogP contribution < -0.4 is 9.47 Å². The molecule has 1 aromatic rings. The molecule has 134 valence electrons. The van der Waals surface area contributed by atoms with Gasteiger partial charge in [0.25, 0.3) is 0 Å². The Hall–Kier alpha value is -1.27. The van der Waals surface area contributed by atoms with Crippen LogP contribution in [0.1, 0.15) is 39.0 Å². The fraction of sp³-hybridized carbons (Fsp3) is 0.667. The summed E-state index contributed by atoms with van der Waals surface area (Å²) in [6.45, 7) is 3.08. The minimum Gasteiger partial charge on any atom is -0.486 e. The SMILES string of the molecule is CCN(CC1COc2ccccc2O1)S(=O)(=O)CC1CCCCC1. The molecule has 1 saturated carbocycles. The summed E-state index contributed by atoms with van der Waals surface area (Å²) >= 11 is 0. The molecule has 1 heterocycles. The Kier molecular flexibility index (Phi) is 5.66. The highest BCUT2D eigenvalue weighted by Gasteiger charge is 2.30. The summed E-state index contributed by atoms with van der Waals surface area (Å²) in [6, 6.07) is 7.51. The number of hydrogen-bond acceptors (Lipinski definition) is 4. The van der Waals surface area contributed by atoms with Crippen molar-refractivity contribution in [3.63, 3.8) is 0 Å². The van der Waals surface area contributed by atoms with Crippen molar-refractivity contribution >= 4 is 10.0 Å². The maximum atomic E-state index is 12.8. The number of benzene rings is 1. The van der Waals surface area contributed by atoms with Crippen molar-refractivity contribution in [3.8, 4) is 11.5 Å². The largest absolute Gasteiger partial charge is 0.486 e. The molecule has 1 unspecified atom stereocenters. The van der Waals surface area contributed by atoms with E-state index >= 15 is 0 Å². The summed E-state index contributed by atoms with van der Waals surface area (Å²) in [5, 5.41) is 0. The van der Waals surface area contributed by atoms with Crippen LogP contribution in [0.2, 0.25) is 0 Å². The van der Waals surface area contributed by atoms with Gasteiger partial charge in [0.1, 0.15) is 12.7 Å². The minimum atomic E-state index is -3.25. The van der Waals surface area contributed by atoms with Gasteiger partial charge in [-0.3, -0.25) is 0 Å². The van der Waals surface area contributed by atoms with Crippen LogP contribution in [0.15, 0.2) is 24.3 Å². The Morgan fingerprint density at radius 3 is 2.54 bits per heavy atom. The molecule has 0 bridgehead atoms. The molecule has 1 aromatic carbocycles. The number of ether oxygens (including phenoxy) is 2. The molecular weight excluding hydrogens is 326 g/mol. The van der Waals surface area contributed by atoms with Crippen LogP contribution in [0.25, 0.3) is 0 Å². The van der Waals surface area contributed by atoms with Crippen molar-refractivity contribution in [1.29, 1.82) is 0 Å². The Morgan fingerprint density at radius 1 is 1.12 bits per heavy atom. The first-order valence-electron chi connectivity index (χ1n) is 8.95. The number of fused-ring (bicyclic) bond motifs is 1.